The van der Waals surface area contributed by atoms with Gasteiger partial charge in [0.15, 0.2) is 11.5 Å². The van der Waals surface area contributed by atoms with E-state index in [1.54, 1.807) is 6.07 Å². The number of nitrogens with zero attached hydrogens (tertiary/aromatic N) is 8. The number of alkyl halides is 3. The zero-order valence-electron chi connectivity index (χ0n) is 16.6. The molecule has 172 valence electrons. The monoisotopic (exact) mass is 507 g/mol. The van der Waals surface area contributed by atoms with Crippen molar-refractivity contribution in [3.63, 3.8) is 0 Å². The molecule has 0 radical (unpaired) electrons. The van der Waals surface area contributed by atoms with Crippen LogP contribution in [0.5, 0.6) is 0 Å². The van der Waals surface area contributed by atoms with Gasteiger partial charge in [0, 0.05) is 0 Å². The second-order valence-electron chi connectivity index (χ2n) is 6.78. The molecule has 0 unspecified atom stereocenters. The topological polar surface area (TPSA) is 108 Å². The second-order valence-corrected chi connectivity index (χ2v) is 7.57. The third-order valence-corrected chi connectivity index (χ3v) is 5.20. The van der Waals surface area contributed by atoms with Gasteiger partial charge in [-0.2, -0.15) is 28.5 Å². The lowest BCUT2D eigenvalue weighted by molar-refractivity contribution is -0.143. The standard InChI is InChI=1S/C19H10Cl2F3N9O/c20-12-6-10(7-26-17(12)33-27-4-5-28-33)30-18(34)11-8-29-32(16(11)19(22,23)24)15-3-1-2-14-25-9-13(21)31(14)15/h1-9H,(H,30,34). The number of imidazole rings is 1. The highest BCUT2D eigenvalue weighted by Gasteiger charge is 2.41. The summed E-state index contributed by atoms with van der Waals surface area (Å²) in [6.45, 7) is 0. The zero-order valence-corrected chi connectivity index (χ0v) is 18.1. The first-order valence-electron chi connectivity index (χ1n) is 9.35. The summed E-state index contributed by atoms with van der Waals surface area (Å²) < 4.78 is 44.1. The number of fused-ring (bicyclic) bond motifs is 1. The van der Waals surface area contributed by atoms with Crippen molar-refractivity contribution in [2.45, 2.75) is 6.18 Å². The molecular weight excluding hydrogens is 498 g/mol. The highest BCUT2D eigenvalue weighted by atomic mass is 35.5. The van der Waals surface area contributed by atoms with E-state index in [4.69, 9.17) is 23.2 Å². The minimum Gasteiger partial charge on any atom is -0.320 e. The van der Waals surface area contributed by atoms with Gasteiger partial charge >= 0.3 is 6.18 Å². The van der Waals surface area contributed by atoms with Gasteiger partial charge in [0.05, 0.1) is 47.3 Å². The summed E-state index contributed by atoms with van der Waals surface area (Å²) in [5.41, 5.74) is -1.63. The van der Waals surface area contributed by atoms with Crippen LogP contribution in [-0.2, 0) is 6.18 Å². The molecule has 5 heterocycles. The van der Waals surface area contributed by atoms with Gasteiger partial charge in [-0.15, -0.1) is 4.80 Å². The van der Waals surface area contributed by atoms with Crippen molar-refractivity contribution in [3.05, 3.63) is 76.7 Å². The Bertz CT molecular complexity index is 1530. The number of rotatable bonds is 4. The van der Waals surface area contributed by atoms with Gasteiger partial charge in [0.2, 0.25) is 0 Å². The van der Waals surface area contributed by atoms with E-state index in [2.05, 4.69) is 30.6 Å². The number of hydrogen-bond donors (Lipinski definition) is 1. The Morgan fingerprint density at radius 1 is 1.00 bits per heavy atom. The molecule has 5 aromatic heterocycles. The van der Waals surface area contributed by atoms with E-state index >= 15 is 0 Å². The van der Waals surface area contributed by atoms with Crippen molar-refractivity contribution >= 4 is 40.4 Å². The quantitative estimate of drug-likeness (QED) is 0.392. The Morgan fingerprint density at radius 3 is 2.47 bits per heavy atom. The number of anilines is 1. The molecule has 0 aliphatic carbocycles. The van der Waals surface area contributed by atoms with Crippen LogP contribution in [0.15, 0.2) is 55.2 Å². The van der Waals surface area contributed by atoms with Crippen LogP contribution in [-0.4, -0.2) is 45.1 Å². The molecule has 0 spiro atoms. The number of nitrogens with one attached hydrogen (secondary N) is 1. The third kappa shape index (κ3) is 3.74. The summed E-state index contributed by atoms with van der Waals surface area (Å²) in [5, 5.41) is 14.1. The minimum atomic E-state index is -4.93. The fourth-order valence-corrected chi connectivity index (χ4v) is 3.74. The van der Waals surface area contributed by atoms with Gasteiger partial charge < -0.3 is 5.32 Å². The van der Waals surface area contributed by atoms with Crippen LogP contribution in [0.2, 0.25) is 10.2 Å². The van der Waals surface area contributed by atoms with Gasteiger partial charge in [-0.1, -0.05) is 29.3 Å². The number of pyridine rings is 2. The molecule has 1 N–H and O–H groups in total. The normalized spacial score (nSPS) is 11.8. The maximum absolute atomic E-state index is 14.1. The molecule has 0 fully saturated rings. The molecule has 1 amide bonds. The van der Waals surface area contributed by atoms with E-state index in [9.17, 15) is 18.0 Å². The Morgan fingerprint density at radius 2 is 1.76 bits per heavy atom. The van der Waals surface area contributed by atoms with Crippen molar-refractivity contribution in [3.8, 4) is 11.6 Å². The summed E-state index contributed by atoms with van der Waals surface area (Å²) in [4.78, 5) is 22.1. The smallest absolute Gasteiger partial charge is 0.320 e. The first-order chi connectivity index (χ1) is 16.2. The lowest BCUT2D eigenvalue weighted by Gasteiger charge is -2.14. The number of halogens is 5. The van der Waals surface area contributed by atoms with Crippen LogP contribution in [0.25, 0.3) is 17.3 Å². The molecule has 0 atom stereocenters. The van der Waals surface area contributed by atoms with Crippen molar-refractivity contribution in [2.24, 2.45) is 0 Å². The average molecular weight is 508 g/mol. The lowest BCUT2D eigenvalue weighted by Crippen LogP contribution is -2.21. The third-order valence-electron chi connectivity index (χ3n) is 4.65. The van der Waals surface area contributed by atoms with E-state index in [1.165, 1.54) is 47.4 Å². The van der Waals surface area contributed by atoms with Crippen LogP contribution >= 0.6 is 23.2 Å². The van der Waals surface area contributed by atoms with Crippen LogP contribution in [0.1, 0.15) is 16.1 Å². The molecule has 0 aliphatic heterocycles. The van der Waals surface area contributed by atoms with Crippen molar-refractivity contribution in [2.75, 3.05) is 5.32 Å². The first kappa shape index (κ1) is 21.9. The average Bonchev–Trinajstić information content (AvgIpc) is 3.53. The molecule has 0 aromatic carbocycles. The molecule has 0 aliphatic rings. The van der Waals surface area contributed by atoms with E-state index < -0.39 is 23.3 Å². The maximum Gasteiger partial charge on any atom is 0.434 e. The van der Waals surface area contributed by atoms with E-state index in [0.717, 1.165) is 11.0 Å². The predicted octanol–water partition coefficient (Wildman–Crippen LogP) is 4.07. The predicted molar refractivity (Wildman–Crippen MR) is 114 cm³/mol. The summed E-state index contributed by atoms with van der Waals surface area (Å²) in [6.07, 6.45) is 1.24. The number of aromatic nitrogens is 8. The van der Waals surface area contributed by atoms with Gasteiger partial charge in [0.1, 0.15) is 16.6 Å². The highest BCUT2D eigenvalue weighted by Crippen LogP contribution is 2.34. The number of carbonyl (C=O) groups excluding carboxylic acids is 1. The van der Waals surface area contributed by atoms with Crippen LogP contribution in [0.4, 0.5) is 18.9 Å². The molecule has 0 bridgehead atoms. The molecule has 0 saturated carbocycles. The van der Waals surface area contributed by atoms with Crippen molar-refractivity contribution in [1.82, 2.24) is 39.1 Å². The summed E-state index contributed by atoms with van der Waals surface area (Å²) >= 11 is 12.3. The Balaban J connectivity index is 1.53. The number of amides is 1. The Kier molecular flexibility index (Phi) is 5.21. The van der Waals surface area contributed by atoms with Gasteiger partial charge in [0.25, 0.3) is 5.91 Å². The lowest BCUT2D eigenvalue weighted by atomic mass is 10.2. The Labute approximate surface area is 197 Å². The molecule has 5 aromatic rings. The molecule has 0 saturated heterocycles. The van der Waals surface area contributed by atoms with Crippen molar-refractivity contribution < 1.29 is 18.0 Å². The van der Waals surface area contributed by atoms with Crippen LogP contribution < -0.4 is 5.32 Å². The summed E-state index contributed by atoms with van der Waals surface area (Å²) in [6, 6.07) is 5.75. The van der Waals surface area contributed by atoms with E-state index in [0.29, 0.717) is 10.3 Å². The summed E-state index contributed by atoms with van der Waals surface area (Å²) in [7, 11) is 0. The fourth-order valence-electron chi connectivity index (χ4n) is 3.28. The highest BCUT2D eigenvalue weighted by molar-refractivity contribution is 6.32. The largest absolute Gasteiger partial charge is 0.434 e. The zero-order chi connectivity index (χ0) is 24.0. The molecular formula is C19H10Cl2F3N9O. The molecule has 34 heavy (non-hydrogen) atoms. The number of carbonyl (C=O) groups is 1. The van der Waals surface area contributed by atoms with Crippen LogP contribution in [0, 0.1) is 0 Å². The Hall–Kier alpha value is -3.97. The first-order valence-corrected chi connectivity index (χ1v) is 10.1. The summed E-state index contributed by atoms with van der Waals surface area (Å²) in [5.74, 6) is -0.934. The van der Waals surface area contributed by atoms with Crippen molar-refractivity contribution in [1.29, 1.82) is 0 Å². The minimum absolute atomic E-state index is 0.0489. The molecule has 5 rings (SSSR count). The second kappa shape index (κ2) is 8.11. The van der Waals surface area contributed by atoms with Gasteiger partial charge in [-0.3, -0.25) is 9.20 Å². The van der Waals surface area contributed by atoms with E-state index in [-0.39, 0.29) is 27.5 Å². The van der Waals surface area contributed by atoms with Crippen LogP contribution in [0.3, 0.4) is 0 Å². The fraction of sp³-hybridized carbons (Fsp3) is 0.0526. The maximum atomic E-state index is 14.1. The SMILES string of the molecule is O=C(Nc1cnc(-n2nccn2)c(Cl)c1)c1cnn(-c2cccc3ncc(Cl)n23)c1C(F)(F)F. The molecule has 10 nitrogen and oxygen atoms in total. The van der Waals surface area contributed by atoms with Gasteiger partial charge in [-0.25, -0.2) is 14.6 Å². The van der Waals surface area contributed by atoms with Gasteiger partial charge in [-0.05, 0) is 18.2 Å². The number of hydrogen-bond acceptors (Lipinski definition) is 6. The van der Waals surface area contributed by atoms with E-state index in [1.807, 2.05) is 0 Å². The molecule has 15 heteroatoms.